The first-order valence-electron chi connectivity index (χ1n) is 11.3. The van der Waals surface area contributed by atoms with Gasteiger partial charge >= 0.3 is 0 Å². The van der Waals surface area contributed by atoms with Gasteiger partial charge in [0.25, 0.3) is 5.91 Å². The third-order valence-electron chi connectivity index (χ3n) is 6.42. The third-order valence-corrected chi connectivity index (χ3v) is 6.88. The van der Waals surface area contributed by atoms with Crippen molar-refractivity contribution in [3.05, 3.63) is 72.1 Å². The van der Waals surface area contributed by atoms with Gasteiger partial charge in [-0.3, -0.25) is 14.5 Å². The minimum Gasteiger partial charge on any atom is -0.352 e. The van der Waals surface area contributed by atoms with Crippen LogP contribution in [0.1, 0.15) is 31.2 Å². The van der Waals surface area contributed by atoms with Gasteiger partial charge in [-0.1, -0.05) is 49.2 Å². The van der Waals surface area contributed by atoms with Crippen molar-refractivity contribution < 1.29 is 9.59 Å². The zero-order chi connectivity index (χ0) is 22.9. The second kappa shape index (κ2) is 8.83. The summed E-state index contributed by atoms with van der Waals surface area (Å²) in [7, 11) is 1.81. The van der Waals surface area contributed by atoms with Crippen LogP contribution in [-0.4, -0.2) is 39.5 Å². The highest BCUT2D eigenvalue weighted by Gasteiger charge is 2.36. The predicted octanol–water partition coefficient (Wildman–Crippen LogP) is 4.30. The van der Waals surface area contributed by atoms with Crippen LogP contribution in [0, 0.1) is 0 Å². The smallest absolute Gasteiger partial charge is 0.281 e. The fourth-order valence-electron chi connectivity index (χ4n) is 4.73. The monoisotopic (exact) mass is 458 g/mol. The quantitative estimate of drug-likeness (QED) is 0.457. The standard InChI is InChI=1S/C26H26N4O2S/c1-28-23(25(32)30(26(28)33)20-11-3-2-4-12-20)15-18-16-29(22-14-8-7-13-21(18)22)17-24(31)27-19-9-5-6-10-19/h2-4,7-8,11-16,19H,5-6,9-10,17H2,1H3,(H,27,31)/b23-15-. The van der Waals surface area contributed by atoms with E-state index in [0.29, 0.717) is 10.8 Å². The van der Waals surface area contributed by atoms with Crippen LogP contribution in [0.3, 0.4) is 0 Å². The van der Waals surface area contributed by atoms with Crippen molar-refractivity contribution in [1.29, 1.82) is 0 Å². The lowest BCUT2D eigenvalue weighted by Gasteiger charge is -2.16. The Kier molecular flexibility index (Phi) is 5.72. The number of hydrogen-bond donors (Lipinski definition) is 1. The Morgan fingerprint density at radius 3 is 2.55 bits per heavy atom. The van der Waals surface area contributed by atoms with Gasteiger partial charge in [-0.25, -0.2) is 0 Å². The van der Waals surface area contributed by atoms with E-state index in [1.807, 2.05) is 78.5 Å². The molecule has 5 rings (SSSR count). The van der Waals surface area contributed by atoms with Gasteiger partial charge in [0.1, 0.15) is 12.2 Å². The number of nitrogens with one attached hydrogen (secondary N) is 1. The molecular weight excluding hydrogens is 432 g/mol. The maximum atomic E-state index is 13.3. The van der Waals surface area contributed by atoms with Crippen molar-refractivity contribution in [1.82, 2.24) is 14.8 Å². The number of anilines is 1. The molecule has 0 atom stereocenters. The van der Waals surface area contributed by atoms with Crippen LogP contribution in [0.2, 0.25) is 0 Å². The highest BCUT2D eigenvalue weighted by atomic mass is 32.1. The maximum Gasteiger partial charge on any atom is 0.281 e. The molecule has 1 saturated heterocycles. The summed E-state index contributed by atoms with van der Waals surface area (Å²) in [6.45, 7) is 0.249. The van der Waals surface area contributed by atoms with Crippen LogP contribution in [0.25, 0.3) is 17.0 Å². The second-order valence-corrected chi connectivity index (χ2v) is 8.99. The van der Waals surface area contributed by atoms with Crippen LogP contribution in [0.15, 0.2) is 66.5 Å². The van der Waals surface area contributed by atoms with E-state index in [2.05, 4.69) is 5.32 Å². The Bertz CT molecular complexity index is 1260. The van der Waals surface area contributed by atoms with Crippen molar-refractivity contribution in [3.63, 3.8) is 0 Å². The van der Waals surface area contributed by atoms with E-state index in [0.717, 1.165) is 35.0 Å². The molecule has 2 amide bonds. The van der Waals surface area contributed by atoms with E-state index in [-0.39, 0.29) is 24.4 Å². The predicted molar refractivity (Wildman–Crippen MR) is 135 cm³/mol. The molecule has 168 valence electrons. The molecule has 1 N–H and O–H groups in total. The molecule has 7 heteroatoms. The zero-order valence-electron chi connectivity index (χ0n) is 18.5. The first-order chi connectivity index (χ1) is 16.0. The second-order valence-electron chi connectivity index (χ2n) is 8.63. The van der Waals surface area contributed by atoms with E-state index in [1.54, 1.807) is 9.80 Å². The average molecular weight is 459 g/mol. The van der Waals surface area contributed by atoms with Gasteiger partial charge in [-0.05, 0) is 49.3 Å². The molecule has 3 aromatic rings. The number of rotatable bonds is 5. The number of amides is 2. The molecule has 0 unspecified atom stereocenters. The Balaban J connectivity index is 1.47. The van der Waals surface area contributed by atoms with E-state index in [4.69, 9.17) is 12.2 Å². The number of benzene rings is 2. The first-order valence-corrected chi connectivity index (χ1v) is 11.7. The van der Waals surface area contributed by atoms with Gasteiger partial charge in [-0.2, -0.15) is 0 Å². The summed E-state index contributed by atoms with van der Waals surface area (Å²) in [5, 5.41) is 4.59. The van der Waals surface area contributed by atoms with Gasteiger partial charge < -0.3 is 14.8 Å². The summed E-state index contributed by atoms with van der Waals surface area (Å²) < 4.78 is 1.96. The van der Waals surface area contributed by atoms with Crippen molar-refractivity contribution in [2.75, 3.05) is 11.9 Å². The fourth-order valence-corrected chi connectivity index (χ4v) is 5.01. The number of fused-ring (bicyclic) bond motifs is 1. The largest absolute Gasteiger partial charge is 0.352 e. The van der Waals surface area contributed by atoms with Gasteiger partial charge in [0.2, 0.25) is 5.91 Å². The minimum absolute atomic E-state index is 0.0207. The molecule has 2 heterocycles. The molecule has 0 spiro atoms. The van der Waals surface area contributed by atoms with E-state index in [9.17, 15) is 9.59 Å². The number of nitrogens with zero attached hydrogens (tertiary/aromatic N) is 3. The first kappa shape index (κ1) is 21.4. The zero-order valence-corrected chi connectivity index (χ0v) is 19.3. The number of carbonyl (C=O) groups excluding carboxylic acids is 2. The summed E-state index contributed by atoms with van der Waals surface area (Å²) in [6.07, 6.45) is 8.28. The number of aromatic nitrogens is 1. The van der Waals surface area contributed by atoms with Crippen molar-refractivity contribution in [2.24, 2.45) is 0 Å². The molecule has 1 aliphatic carbocycles. The minimum atomic E-state index is -0.162. The number of thiocarbonyl (C=S) groups is 1. The molecule has 2 fully saturated rings. The topological polar surface area (TPSA) is 57.6 Å². The Hall–Kier alpha value is -3.45. The van der Waals surface area contributed by atoms with Crippen LogP contribution in [0.5, 0.6) is 0 Å². The lowest BCUT2D eigenvalue weighted by molar-refractivity contribution is -0.122. The molecule has 0 radical (unpaired) electrons. The van der Waals surface area contributed by atoms with E-state index >= 15 is 0 Å². The van der Waals surface area contributed by atoms with Crippen LogP contribution >= 0.6 is 12.2 Å². The van der Waals surface area contributed by atoms with Gasteiger partial charge in [0.15, 0.2) is 5.11 Å². The number of carbonyl (C=O) groups is 2. The molecular formula is C26H26N4O2S. The molecule has 0 bridgehead atoms. The Morgan fingerprint density at radius 2 is 1.79 bits per heavy atom. The molecule has 6 nitrogen and oxygen atoms in total. The van der Waals surface area contributed by atoms with Crippen LogP contribution in [0.4, 0.5) is 5.69 Å². The summed E-state index contributed by atoms with van der Waals surface area (Å²) in [6, 6.07) is 17.7. The lowest BCUT2D eigenvalue weighted by Crippen LogP contribution is -2.35. The normalized spacial score (nSPS) is 18.2. The Labute approximate surface area is 198 Å². The number of likely N-dealkylation sites (N-methyl/N-ethyl adjacent to an activating group) is 1. The summed E-state index contributed by atoms with van der Waals surface area (Å²) in [5.74, 6) is -0.142. The molecule has 1 saturated carbocycles. The fraction of sp³-hybridized carbons (Fsp3) is 0.269. The van der Waals surface area contributed by atoms with Crippen molar-refractivity contribution in [3.8, 4) is 0 Å². The van der Waals surface area contributed by atoms with Crippen molar-refractivity contribution in [2.45, 2.75) is 38.3 Å². The number of hydrogen-bond acceptors (Lipinski definition) is 3. The number of para-hydroxylation sites is 2. The van der Waals surface area contributed by atoms with Crippen LogP contribution in [-0.2, 0) is 16.1 Å². The Morgan fingerprint density at radius 1 is 1.09 bits per heavy atom. The highest BCUT2D eigenvalue weighted by Crippen LogP contribution is 2.30. The maximum absolute atomic E-state index is 13.3. The summed E-state index contributed by atoms with van der Waals surface area (Å²) >= 11 is 5.57. The highest BCUT2D eigenvalue weighted by molar-refractivity contribution is 7.80. The van der Waals surface area contributed by atoms with Gasteiger partial charge in [-0.15, -0.1) is 0 Å². The van der Waals surface area contributed by atoms with E-state index < -0.39 is 0 Å². The summed E-state index contributed by atoms with van der Waals surface area (Å²) in [4.78, 5) is 29.3. The molecule has 2 aromatic carbocycles. The molecule has 1 aromatic heterocycles. The third kappa shape index (κ3) is 4.04. The van der Waals surface area contributed by atoms with E-state index in [1.165, 1.54) is 12.8 Å². The lowest BCUT2D eigenvalue weighted by atomic mass is 10.1. The average Bonchev–Trinajstić information content (AvgIpc) is 3.50. The van der Waals surface area contributed by atoms with Crippen LogP contribution < -0.4 is 10.2 Å². The molecule has 1 aliphatic heterocycles. The van der Waals surface area contributed by atoms with Crippen molar-refractivity contribution >= 4 is 51.8 Å². The summed E-state index contributed by atoms with van der Waals surface area (Å²) in [5.41, 5.74) is 3.09. The van der Waals surface area contributed by atoms with Gasteiger partial charge in [0.05, 0.1) is 5.69 Å². The molecule has 2 aliphatic rings. The van der Waals surface area contributed by atoms with Gasteiger partial charge in [0, 0.05) is 35.8 Å². The molecule has 33 heavy (non-hydrogen) atoms. The SMILES string of the molecule is CN1C(=S)N(c2ccccc2)C(=O)/C1=C/c1cn(CC(=O)NC2CCCC2)c2ccccc12.